The predicted octanol–water partition coefficient (Wildman–Crippen LogP) is 1.77. The highest BCUT2D eigenvalue weighted by molar-refractivity contribution is 7.91. The number of methoxy groups -OCH3 is 1. The number of rotatable bonds is 8. The molecular formula is C16H25FN2O3S. The van der Waals surface area contributed by atoms with Gasteiger partial charge in [0.1, 0.15) is 10.6 Å². The van der Waals surface area contributed by atoms with E-state index in [2.05, 4.69) is 4.72 Å². The molecule has 1 aromatic rings. The van der Waals surface area contributed by atoms with E-state index in [1.54, 1.807) is 12.1 Å². The average molecular weight is 344 g/mol. The molecule has 7 heteroatoms. The molecule has 1 aromatic carbocycles. The summed E-state index contributed by atoms with van der Waals surface area (Å²) in [5, 5.41) is 0. The average Bonchev–Trinajstić information content (AvgIpc) is 3.13. The smallest absolute Gasteiger partial charge is 0.219 e. The first-order valence-electron chi connectivity index (χ1n) is 7.63. The molecule has 0 bridgehead atoms. The number of hydrogen-bond donors (Lipinski definition) is 1. The third-order valence-corrected chi connectivity index (χ3v) is 6.96. The van der Waals surface area contributed by atoms with Crippen LogP contribution in [0, 0.1) is 11.7 Å². The van der Waals surface area contributed by atoms with E-state index in [4.69, 9.17) is 4.74 Å². The van der Waals surface area contributed by atoms with Crippen LogP contribution in [0.1, 0.15) is 24.9 Å². The lowest BCUT2D eigenvalue weighted by Gasteiger charge is -2.26. The van der Waals surface area contributed by atoms with Crippen molar-refractivity contribution < 1.29 is 17.5 Å². The van der Waals surface area contributed by atoms with Crippen LogP contribution in [0.15, 0.2) is 24.3 Å². The standard InChI is InChI=1S/C16H25FN2O3S/c1-12-9-16(12,11-22-4)23(20,21)18-10-15(19(2)3)13-5-7-14(17)8-6-13/h5-8,12,15,18H,9-11H2,1-4H3/t12-,15?,16+/m0/s1. The minimum atomic E-state index is -3.48. The Bertz CT molecular complexity index is 633. The number of hydrogen-bond acceptors (Lipinski definition) is 4. The van der Waals surface area contributed by atoms with Crippen molar-refractivity contribution in [3.8, 4) is 0 Å². The lowest BCUT2D eigenvalue weighted by Crippen LogP contribution is -2.43. The number of halogens is 1. The molecule has 1 N–H and O–H groups in total. The van der Waals surface area contributed by atoms with Gasteiger partial charge < -0.3 is 9.64 Å². The maximum atomic E-state index is 13.1. The molecule has 0 spiro atoms. The van der Waals surface area contributed by atoms with E-state index in [-0.39, 0.29) is 30.9 Å². The van der Waals surface area contributed by atoms with Crippen LogP contribution in [0.5, 0.6) is 0 Å². The normalized spacial score (nSPS) is 25.6. The second-order valence-corrected chi connectivity index (χ2v) is 8.59. The summed E-state index contributed by atoms with van der Waals surface area (Å²) in [6.07, 6.45) is 0.610. The Kier molecular flexibility index (Phi) is 5.45. The number of nitrogens with zero attached hydrogens (tertiary/aromatic N) is 1. The van der Waals surface area contributed by atoms with Gasteiger partial charge in [0.15, 0.2) is 0 Å². The zero-order valence-corrected chi connectivity index (χ0v) is 14.9. The summed E-state index contributed by atoms with van der Waals surface area (Å²) in [6.45, 7) is 2.35. The number of likely N-dealkylation sites (N-methyl/N-ethyl adjacent to an activating group) is 1. The Morgan fingerprint density at radius 3 is 2.39 bits per heavy atom. The fourth-order valence-electron chi connectivity index (χ4n) is 2.97. The third-order valence-electron chi connectivity index (χ3n) is 4.66. The summed E-state index contributed by atoms with van der Waals surface area (Å²) in [5.74, 6) is -0.221. The summed E-state index contributed by atoms with van der Waals surface area (Å²) in [7, 11) is 1.77. The van der Waals surface area contributed by atoms with Gasteiger partial charge in [0.05, 0.1) is 6.61 Å². The van der Waals surface area contributed by atoms with Gasteiger partial charge in [-0.1, -0.05) is 19.1 Å². The Hall–Kier alpha value is -1.02. The molecule has 1 aliphatic rings. The van der Waals surface area contributed by atoms with Crippen molar-refractivity contribution in [2.45, 2.75) is 24.1 Å². The maximum absolute atomic E-state index is 13.1. The molecule has 130 valence electrons. The predicted molar refractivity (Wildman–Crippen MR) is 88.1 cm³/mol. The van der Waals surface area contributed by atoms with Gasteiger partial charge in [-0.3, -0.25) is 0 Å². The summed E-state index contributed by atoms with van der Waals surface area (Å²) in [6, 6.07) is 5.96. The molecule has 1 fully saturated rings. The first kappa shape index (κ1) is 18.3. The first-order valence-corrected chi connectivity index (χ1v) is 9.12. The van der Waals surface area contributed by atoms with Crippen molar-refractivity contribution in [1.82, 2.24) is 9.62 Å². The van der Waals surface area contributed by atoms with E-state index in [0.717, 1.165) is 5.56 Å². The van der Waals surface area contributed by atoms with Gasteiger partial charge in [0.2, 0.25) is 10.0 Å². The molecule has 0 radical (unpaired) electrons. The summed E-state index contributed by atoms with van der Waals surface area (Å²) < 4.78 is 45.4. The van der Waals surface area contributed by atoms with Crippen LogP contribution >= 0.6 is 0 Å². The zero-order valence-electron chi connectivity index (χ0n) is 14.0. The third kappa shape index (κ3) is 3.74. The maximum Gasteiger partial charge on any atom is 0.219 e. The van der Waals surface area contributed by atoms with Crippen LogP contribution in [0.3, 0.4) is 0 Å². The molecule has 0 aliphatic heterocycles. The van der Waals surface area contributed by atoms with Gasteiger partial charge in [-0.05, 0) is 44.1 Å². The molecule has 1 unspecified atom stereocenters. The lowest BCUT2D eigenvalue weighted by atomic mass is 10.1. The van der Waals surface area contributed by atoms with Crippen molar-refractivity contribution in [2.24, 2.45) is 5.92 Å². The molecule has 1 aliphatic carbocycles. The van der Waals surface area contributed by atoms with Crippen LogP contribution in [-0.2, 0) is 14.8 Å². The fourth-order valence-corrected chi connectivity index (χ4v) is 4.91. The van der Waals surface area contributed by atoms with E-state index >= 15 is 0 Å². The quantitative estimate of drug-likeness (QED) is 0.781. The summed E-state index contributed by atoms with van der Waals surface area (Å²) in [4.78, 5) is 1.91. The fraction of sp³-hybridized carbons (Fsp3) is 0.625. The molecule has 3 atom stereocenters. The molecule has 1 saturated carbocycles. The minimum Gasteiger partial charge on any atom is -0.383 e. The minimum absolute atomic E-state index is 0.0866. The van der Waals surface area contributed by atoms with Crippen LogP contribution in [0.4, 0.5) is 4.39 Å². The van der Waals surface area contributed by atoms with E-state index < -0.39 is 14.8 Å². The topological polar surface area (TPSA) is 58.6 Å². The number of sulfonamides is 1. The van der Waals surface area contributed by atoms with E-state index in [1.807, 2.05) is 25.9 Å². The van der Waals surface area contributed by atoms with Crippen molar-refractivity contribution in [2.75, 3.05) is 34.4 Å². The Labute approximate surface area is 137 Å². The second-order valence-electron chi connectivity index (χ2n) is 6.49. The number of benzene rings is 1. The highest BCUT2D eigenvalue weighted by Crippen LogP contribution is 2.49. The SMILES string of the molecule is COC[C@]1(S(=O)(=O)NCC(c2ccc(F)cc2)N(C)C)C[C@@H]1C. The van der Waals surface area contributed by atoms with Gasteiger partial charge >= 0.3 is 0 Å². The first-order chi connectivity index (χ1) is 10.7. The van der Waals surface area contributed by atoms with E-state index in [9.17, 15) is 12.8 Å². The Morgan fingerprint density at radius 2 is 1.96 bits per heavy atom. The van der Waals surface area contributed by atoms with Gasteiger partial charge in [-0.25, -0.2) is 17.5 Å². The van der Waals surface area contributed by atoms with Crippen LogP contribution < -0.4 is 4.72 Å². The second kappa shape index (κ2) is 6.84. The van der Waals surface area contributed by atoms with Gasteiger partial charge in [0, 0.05) is 19.7 Å². The van der Waals surface area contributed by atoms with Crippen LogP contribution in [0.2, 0.25) is 0 Å². The van der Waals surface area contributed by atoms with E-state index in [1.165, 1.54) is 19.2 Å². The molecule has 23 heavy (non-hydrogen) atoms. The number of nitrogens with one attached hydrogen (secondary N) is 1. The summed E-state index contributed by atoms with van der Waals surface area (Å²) >= 11 is 0. The Morgan fingerprint density at radius 1 is 1.39 bits per heavy atom. The molecule has 5 nitrogen and oxygen atoms in total. The zero-order chi connectivity index (χ0) is 17.3. The highest BCUT2D eigenvalue weighted by Gasteiger charge is 2.61. The number of ether oxygens (including phenoxy) is 1. The lowest BCUT2D eigenvalue weighted by molar-refractivity contribution is 0.187. The molecule has 2 rings (SSSR count). The highest BCUT2D eigenvalue weighted by atomic mass is 32.2. The van der Waals surface area contributed by atoms with Crippen molar-refractivity contribution in [3.63, 3.8) is 0 Å². The Balaban J connectivity index is 2.11. The molecule has 0 aromatic heterocycles. The summed E-state index contributed by atoms with van der Waals surface area (Å²) in [5.41, 5.74) is 0.865. The van der Waals surface area contributed by atoms with Gasteiger partial charge in [0.25, 0.3) is 0 Å². The van der Waals surface area contributed by atoms with Gasteiger partial charge in [-0.15, -0.1) is 0 Å². The molecule has 0 heterocycles. The van der Waals surface area contributed by atoms with Crippen molar-refractivity contribution in [3.05, 3.63) is 35.6 Å². The van der Waals surface area contributed by atoms with Gasteiger partial charge in [-0.2, -0.15) is 0 Å². The molecule has 0 saturated heterocycles. The van der Waals surface area contributed by atoms with Crippen LogP contribution in [0.25, 0.3) is 0 Å². The molecular weight excluding hydrogens is 319 g/mol. The van der Waals surface area contributed by atoms with Crippen molar-refractivity contribution in [1.29, 1.82) is 0 Å². The van der Waals surface area contributed by atoms with E-state index in [0.29, 0.717) is 6.42 Å². The molecule has 0 amide bonds. The van der Waals surface area contributed by atoms with Crippen molar-refractivity contribution >= 4 is 10.0 Å². The largest absolute Gasteiger partial charge is 0.383 e. The van der Waals surface area contributed by atoms with Crippen LogP contribution in [-0.4, -0.2) is 52.4 Å². The monoisotopic (exact) mass is 344 g/mol.